The average molecular weight is 350 g/mol. The molecule has 0 aromatic heterocycles. The minimum Gasteiger partial charge on any atom is -0.465 e. The van der Waals surface area contributed by atoms with Gasteiger partial charge in [-0.25, -0.2) is 9.86 Å². The van der Waals surface area contributed by atoms with Crippen LogP contribution in [0, 0.1) is 5.92 Å². The van der Waals surface area contributed by atoms with E-state index in [4.69, 9.17) is 16.4 Å². The molecule has 0 aromatic rings. The van der Waals surface area contributed by atoms with Crippen LogP contribution in [0.5, 0.6) is 0 Å². The fourth-order valence-corrected chi connectivity index (χ4v) is 2.96. The lowest BCUT2D eigenvalue weighted by Gasteiger charge is -2.25. The maximum absolute atomic E-state index is 12.4. The minimum atomic E-state index is -2.61. The van der Waals surface area contributed by atoms with E-state index in [0.29, 0.717) is 0 Å². The van der Waals surface area contributed by atoms with E-state index in [2.05, 4.69) is 4.74 Å². The summed E-state index contributed by atoms with van der Waals surface area (Å²) in [4.78, 5) is 29.1. The van der Waals surface area contributed by atoms with Crippen molar-refractivity contribution in [3.05, 3.63) is 22.3 Å². The molecular weight excluding hydrogens is 334 g/mol. The summed E-state index contributed by atoms with van der Waals surface area (Å²) in [5, 5.41) is 0.796. The number of methoxy groups -OCH3 is 1. The second-order valence-electron chi connectivity index (χ2n) is 4.36. The number of carbonyl (C=O) groups is 2. The quantitative estimate of drug-likeness (QED) is 0.421. The molecule has 1 aliphatic rings. The number of hydrogen-bond acceptors (Lipinski definition) is 6. The molecule has 0 saturated carbocycles. The van der Waals surface area contributed by atoms with Gasteiger partial charge in [-0.1, -0.05) is 18.5 Å². The van der Waals surface area contributed by atoms with E-state index in [1.165, 1.54) is 14.0 Å². The molecule has 1 aliphatic carbocycles. The number of allylic oxidation sites excluding steroid dienone is 1. The Bertz CT molecular complexity index is 683. The van der Waals surface area contributed by atoms with Crippen molar-refractivity contribution in [3.63, 3.8) is 0 Å². The number of halogens is 1. The zero-order valence-electron chi connectivity index (χ0n) is 12.5. The number of hydroxylamine groups is 2. The van der Waals surface area contributed by atoms with Crippen molar-refractivity contribution in [2.75, 3.05) is 20.8 Å². The van der Waals surface area contributed by atoms with Gasteiger partial charge in [0.05, 0.1) is 29.2 Å². The van der Waals surface area contributed by atoms with E-state index in [1.807, 2.05) is 0 Å². The van der Waals surface area contributed by atoms with E-state index in [1.54, 1.807) is 6.92 Å². The Morgan fingerprint density at radius 1 is 1.41 bits per heavy atom. The largest absolute Gasteiger partial charge is 0.465 e. The molecule has 0 radical (unpaired) electrons. The van der Waals surface area contributed by atoms with E-state index in [9.17, 15) is 18.0 Å². The van der Waals surface area contributed by atoms with Gasteiger partial charge < -0.3 is 4.74 Å². The Balaban J connectivity index is 3.51. The van der Waals surface area contributed by atoms with Gasteiger partial charge in [0.15, 0.2) is 0 Å². The van der Waals surface area contributed by atoms with Gasteiger partial charge in [0.1, 0.15) is 0 Å². The smallest absolute Gasteiger partial charge is 0.339 e. The van der Waals surface area contributed by atoms with Gasteiger partial charge in [0.2, 0.25) is 10.3 Å². The molecule has 1 atom stereocenters. The summed E-state index contributed by atoms with van der Waals surface area (Å²) in [6.45, 7) is 3.43. The number of amides is 1. The monoisotopic (exact) mass is 349 g/mol. The first-order valence-corrected chi connectivity index (χ1v) is 7.78. The maximum Gasteiger partial charge on any atom is 0.339 e. The molecule has 0 N–H and O–H groups in total. The molecular formula is C13H16ClNO6S. The highest BCUT2D eigenvalue weighted by Crippen LogP contribution is 2.32. The first-order chi connectivity index (χ1) is 10.3. The van der Waals surface area contributed by atoms with Crippen molar-refractivity contribution in [2.45, 2.75) is 13.8 Å². The highest BCUT2D eigenvalue weighted by molar-refractivity contribution is 7.73. The number of esters is 1. The van der Waals surface area contributed by atoms with Crippen LogP contribution in [0.15, 0.2) is 22.3 Å². The zero-order chi connectivity index (χ0) is 17.0. The van der Waals surface area contributed by atoms with E-state index in [-0.39, 0.29) is 27.6 Å². The van der Waals surface area contributed by atoms with Crippen LogP contribution in [0.3, 0.4) is 0 Å². The lowest BCUT2D eigenvalue weighted by atomic mass is 9.88. The topological polar surface area (TPSA) is 90.0 Å². The van der Waals surface area contributed by atoms with Crippen LogP contribution in [0.1, 0.15) is 13.8 Å². The van der Waals surface area contributed by atoms with Crippen LogP contribution in [0.25, 0.3) is 0 Å². The van der Waals surface area contributed by atoms with Crippen molar-refractivity contribution >= 4 is 38.6 Å². The van der Waals surface area contributed by atoms with Crippen LogP contribution >= 0.6 is 11.6 Å². The van der Waals surface area contributed by atoms with Gasteiger partial charge in [-0.3, -0.25) is 9.63 Å². The summed E-state index contributed by atoms with van der Waals surface area (Å²) in [7, 11) is -0.106. The molecule has 0 spiro atoms. The summed E-state index contributed by atoms with van der Waals surface area (Å²) in [6.07, 6.45) is 1.11. The number of hydrogen-bond donors (Lipinski definition) is 0. The summed E-state index contributed by atoms with van der Waals surface area (Å²) in [5.74, 6) is -2.27. The highest BCUT2D eigenvalue weighted by Gasteiger charge is 2.35. The first kappa shape index (κ1) is 18.4. The van der Waals surface area contributed by atoms with Gasteiger partial charge in [0, 0.05) is 18.5 Å². The maximum atomic E-state index is 12.4. The predicted octanol–water partition coefficient (Wildman–Crippen LogP) is 0.690. The third kappa shape index (κ3) is 3.57. The minimum absolute atomic E-state index is 0.0419. The number of likely N-dealkylation sites (N-methyl/N-ethyl adjacent to an activating group) is 1. The van der Waals surface area contributed by atoms with E-state index in [0.717, 1.165) is 18.2 Å². The fraction of sp³-hybridized carbons (Fsp3) is 0.462. The normalized spacial score (nSPS) is 18.0. The standard InChI is InChI=1S/C13H16ClNO6S/c1-5-21-15(3)12(16)10-7(2)9(22(18)19)6-8(11(10)14)13(17)20-4/h6-7H,5H2,1-4H3. The third-order valence-corrected chi connectivity index (χ3v) is 4.32. The molecule has 0 bridgehead atoms. The lowest BCUT2D eigenvalue weighted by Crippen LogP contribution is -2.35. The predicted molar refractivity (Wildman–Crippen MR) is 80.5 cm³/mol. The van der Waals surface area contributed by atoms with Crippen LogP contribution in [-0.2, 0) is 29.5 Å². The highest BCUT2D eigenvalue weighted by atomic mass is 35.5. The van der Waals surface area contributed by atoms with E-state index >= 15 is 0 Å². The van der Waals surface area contributed by atoms with Gasteiger partial charge in [-0.15, -0.1) is 0 Å². The third-order valence-electron chi connectivity index (χ3n) is 3.06. The average Bonchev–Trinajstić information content (AvgIpc) is 2.46. The molecule has 1 amide bonds. The van der Waals surface area contributed by atoms with E-state index < -0.39 is 28.1 Å². The summed E-state index contributed by atoms with van der Waals surface area (Å²) in [5.41, 5.74) is -0.227. The number of carbonyl (C=O) groups excluding carboxylic acids is 2. The van der Waals surface area contributed by atoms with Crippen molar-refractivity contribution < 1.29 is 27.6 Å². The summed E-state index contributed by atoms with van der Waals surface area (Å²) in [6, 6.07) is 0. The lowest BCUT2D eigenvalue weighted by molar-refractivity contribution is -0.172. The van der Waals surface area contributed by atoms with Gasteiger partial charge >= 0.3 is 5.97 Å². The van der Waals surface area contributed by atoms with Crippen molar-refractivity contribution in [3.8, 4) is 0 Å². The molecule has 0 fully saturated rings. The Labute approximate surface area is 134 Å². The number of rotatable bonds is 4. The summed E-state index contributed by atoms with van der Waals surface area (Å²) >= 11 is 6.12. The Hall–Kier alpha value is -1.64. The molecule has 0 saturated heterocycles. The van der Waals surface area contributed by atoms with Crippen LogP contribution in [0.4, 0.5) is 0 Å². The molecule has 1 rings (SSSR count). The summed E-state index contributed by atoms with van der Waals surface area (Å²) < 4.78 is 27.2. The number of ether oxygens (including phenoxy) is 1. The Morgan fingerprint density at radius 2 is 2.00 bits per heavy atom. The van der Waals surface area contributed by atoms with Crippen molar-refractivity contribution in [2.24, 2.45) is 5.92 Å². The van der Waals surface area contributed by atoms with Crippen LogP contribution in [-0.4, -0.2) is 51.0 Å². The second kappa shape index (κ2) is 7.57. The SMILES string of the molecule is CCON(C)C(=O)C1=C(Cl)C(C(=O)OC)=CC(=S(=O)=O)C1C. The van der Waals surface area contributed by atoms with Crippen molar-refractivity contribution in [1.29, 1.82) is 0 Å². The molecule has 0 heterocycles. The fourth-order valence-electron chi connectivity index (χ4n) is 1.96. The van der Waals surface area contributed by atoms with Gasteiger partial charge in [-0.2, -0.15) is 8.42 Å². The first-order valence-electron chi connectivity index (χ1n) is 6.33. The molecule has 122 valence electrons. The molecule has 0 aromatic carbocycles. The molecule has 22 heavy (non-hydrogen) atoms. The van der Waals surface area contributed by atoms with Crippen molar-refractivity contribution in [1.82, 2.24) is 5.06 Å². The number of nitrogens with zero attached hydrogens (tertiary/aromatic N) is 1. The van der Waals surface area contributed by atoms with Crippen LogP contribution < -0.4 is 0 Å². The van der Waals surface area contributed by atoms with Crippen LogP contribution in [0.2, 0.25) is 0 Å². The second-order valence-corrected chi connectivity index (χ2v) is 5.68. The van der Waals surface area contributed by atoms with Gasteiger partial charge in [0.25, 0.3) is 5.91 Å². The Morgan fingerprint density at radius 3 is 2.45 bits per heavy atom. The van der Waals surface area contributed by atoms with Gasteiger partial charge in [-0.05, 0) is 13.0 Å². The molecule has 7 nitrogen and oxygen atoms in total. The molecule has 1 unspecified atom stereocenters. The molecule has 0 aliphatic heterocycles. The Kier molecular flexibility index (Phi) is 6.34. The molecule has 9 heteroatoms. The zero-order valence-corrected chi connectivity index (χ0v) is 14.1.